The second-order valence-electron chi connectivity index (χ2n) is 5.46. The SMILES string of the molecule is CC1CCCC(C)N1C(=O)c1cc2ncccc2[nH]1. The van der Waals surface area contributed by atoms with E-state index < -0.39 is 0 Å². The first kappa shape index (κ1) is 12.2. The van der Waals surface area contributed by atoms with E-state index in [1.807, 2.05) is 23.1 Å². The molecular formula is C15H19N3O. The van der Waals surface area contributed by atoms with Crippen molar-refractivity contribution in [2.45, 2.75) is 45.2 Å². The Kier molecular flexibility index (Phi) is 3.01. The molecular weight excluding hydrogens is 238 g/mol. The van der Waals surface area contributed by atoms with Crippen molar-refractivity contribution in [3.05, 3.63) is 30.1 Å². The van der Waals surface area contributed by atoms with E-state index in [9.17, 15) is 4.79 Å². The van der Waals surface area contributed by atoms with Crippen LogP contribution in [0.25, 0.3) is 11.0 Å². The lowest BCUT2D eigenvalue weighted by Crippen LogP contribution is -2.47. The lowest BCUT2D eigenvalue weighted by molar-refractivity contribution is 0.0505. The van der Waals surface area contributed by atoms with Crippen LogP contribution in [0.2, 0.25) is 0 Å². The van der Waals surface area contributed by atoms with Crippen molar-refractivity contribution in [2.75, 3.05) is 0 Å². The van der Waals surface area contributed by atoms with Gasteiger partial charge in [-0.3, -0.25) is 9.78 Å². The first-order valence-corrected chi connectivity index (χ1v) is 6.93. The summed E-state index contributed by atoms with van der Waals surface area (Å²) < 4.78 is 0. The molecule has 2 aromatic rings. The van der Waals surface area contributed by atoms with E-state index in [1.54, 1.807) is 6.20 Å². The lowest BCUT2D eigenvalue weighted by atomic mass is 9.97. The number of hydrogen-bond donors (Lipinski definition) is 1. The first-order valence-electron chi connectivity index (χ1n) is 6.93. The predicted molar refractivity (Wildman–Crippen MR) is 75.0 cm³/mol. The highest BCUT2D eigenvalue weighted by molar-refractivity contribution is 5.97. The van der Waals surface area contributed by atoms with Gasteiger partial charge in [0.15, 0.2) is 0 Å². The molecule has 1 fully saturated rings. The fraction of sp³-hybridized carbons (Fsp3) is 0.467. The summed E-state index contributed by atoms with van der Waals surface area (Å²) in [4.78, 5) is 22.1. The number of likely N-dealkylation sites (tertiary alicyclic amines) is 1. The molecule has 4 nitrogen and oxygen atoms in total. The molecule has 0 aliphatic carbocycles. The molecule has 19 heavy (non-hydrogen) atoms. The molecule has 0 saturated carbocycles. The molecule has 1 saturated heterocycles. The summed E-state index contributed by atoms with van der Waals surface area (Å²) in [5.41, 5.74) is 2.42. The van der Waals surface area contributed by atoms with Crippen molar-refractivity contribution in [3.63, 3.8) is 0 Å². The van der Waals surface area contributed by atoms with Crippen LogP contribution in [0.5, 0.6) is 0 Å². The number of nitrogens with one attached hydrogen (secondary N) is 1. The van der Waals surface area contributed by atoms with E-state index in [-0.39, 0.29) is 5.91 Å². The van der Waals surface area contributed by atoms with Crippen LogP contribution in [-0.4, -0.2) is 32.9 Å². The number of aromatic nitrogens is 2. The van der Waals surface area contributed by atoms with Crippen molar-refractivity contribution in [1.82, 2.24) is 14.9 Å². The van der Waals surface area contributed by atoms with Crippen molar-refractivity contribution in [2.24, 2.45) is 0 Å². The third-order valence-electron chi connectivity index (χ3n) is 4.05. The highest BCUT2D eigenvalue weighted by Gasteiger charge is 2.30. The van der Waals surface area contributed by atoms with Gasteiger partial charge in [-0.25, -0.2) is 0 Å². The Balaban J connectivity index is 1.94. The van der Waals surface area contributed by atoms with Gasteiger partial charge in [0.25, 0.3) is 5.91 Å². The zero-order valence-electron chi connectivity index (χ0n) is 11.4. The second kappa shape index (κ2) is 4.68. The molecule has 0 bridgehead atoms. The second-order valence-corrected chi connectivity index (χ2v) is 5.46. The molecule has 4 heteroatoms. The Bertz CT molecular complexity index is 561. The number of fused-ring (bicyclic) bond motifs is 1. The topological polar surface area (TPSA) is 49.0 Å². The normalized spacial score (nSPS) is 23.8. The maximum absolute atomic E-state index is 12.7. The number of amides is 1. The number of carbonyl (C=O) groups excluding carboxylic acids is 1. The minimum Gasteiger partial charge on any atom is -0.349 e. The minimum atomic E-state index is 0.0951. The zero-order chi connectivity index (χ0) is 13.4. The van der Waals surface area contributed by atoms with Crippen LogP contribution in [0.3, 0.4) is 0 Å². The van der Waals surface area contributed by atoms with Crippen molar-refractivity contribution in [1.29, 1.82) is 0 Å². The molecule has 1 N–H and O–H groups in total. The standard InChI is InChI=1S/C15H19N3O/c1-10-5-3-6-11(2)18(10)15(19)14-9-13-12(17-14)7-4-8-16-13/h4,7-11,17H,3,5-6H2,1-2H3. The first-order chi connectivity index (χ1) is 9.16. The Morgan fingerprint density at radius 1 is 1.37 bits per heavy atom. The Morgan fingerprint density at radius 2 is 2.11 bits per heavy atom. The minimum absolute atomic E-state index is 0.0951. The van der Waals surface area contributed by atoms with Gasteiger partial charge in [-0.1, -0.05) is 0 Å². The van der Waals surface area contributed by atoms with Crippen molar-refractivity contribution in [3.8, 4) is 0 Å². The number of hydrogen-bond acceptors (Lipinski definition) is 2. The molecule has 100 valence electrons. The van der Waals surface area contributed by atoms with Crippen molar-refractivity contribution < 1.29 is 4.79 Å². The van der Waals surface area contributed by atoms with Crippen LogP contribution in [0.1, 0.15) is 43.6 Å². The smallest absolute Gasteiger partial charge is 0.270 e. The van der Waals surface area contributed by atoms with E-state index in [4.69, 9.17) is 0 Å². The van der Waals surface area contributed by atoms with Crippen LogP contribution in [0, 0.1) is 0 Å². The van der Waals surface area contributed by atoms with Crippen LogP contribution < -0.4 is 0 Å². The fourth-order valence-corrected chi connectivity index (χ4v) is 3.03. The van der Waals surface area contributed by atoms with Gasteiger partial charge in [0.1, 0.15) is 5.69 Å². The molecule has 0 spiro atoms. The number of aromatic amines is 1. The summed E-state index contributed by atoms with van der Waals surface area (Å²) in [6.45, 7) is 4.27. The molecule has 3 rings (SSSR count). The van der Waals surface area contributed by atoms with Crippen LogP contribution in [0.15, 0.2) is 24.4 Å². The summed E-state index contributed by atoms with van der Waals surface area (Å²) in [7, 11) is 0. The van der Waals surface area contributed by atoms with Gasteiger partial charge in [0, 0.05) is 18.3 Å². The Morgan fingerprint density at radius 3 is 2.79 bits per heavy atom. The van der Waals surface area contributed by atoms with Crippen LogP contribution in [0.4, 0.5) is 0 Å². The average Bonchev–Trinajstić information content (AvgIpc) is 2.82. The van der Waals surface area contributed by atoms with E-state index in [0.717, 1.165) is 23.9 Å². The fourth-order valence-electron chi connectivity index (χ4n) is 3.03. The summed E-state index contributed by atoms with van der Waals surface area (Å²) in [6.07, 6.45) is 5.14. The Hall–Kier alpha value is -1.84. The van der Waals surface area contributed by atoms with Crippen LogP contribution >= 0.6 is 0 Å². The number of carbonyl (C=O) groups is 1. The predicted octanol–water partition coefficient (Wildman–Crippen LogP) is 2.97. The highest BCUT2D eigenvalue weighted by atomic mass is 16.2. The number of rotatable bonds is 1. The molecule has 1 aliphatic rings. The van der Waals surface area contributed by atoms with E-state index in [0.29, 0.717) is 17.8 Å². The molecule has 1 amide bonds. The van der Waals surface area contributed by atoms with E-state index in [2.05, 4.69) is 23.8 Å². The summed E-state index contributed by atoms with van der Waals surface area (Å²) >= 11 is 0. The molecule has 1 aliphatic heterocycles. The van der Waals surface area contributed by atoms with Crippen LogP contribution in [-0.2, 0) is 0 Å². The maximum Gasteiger partial charge on any atom is 0.270 e. The quantitative estimate of drug-likeness (QED) is 0.853. The largest absolute Gasteiger partial charge is 0.349 e. The Labute approximate surface area is 112 Å². The summed E-state index contributed by atoms with van der Waals surface area (Å²) in [5.74, 6) is 0.0951. The lowest BCUT2D eigenvalue weighted by Gasteiger charge is -2.38. The average molecular weight is 257 g/mol. The van der Waals surface area contributed by atoms with Gasteiger partial charge in [-0.15, -0.1) is 0 Å². The third kappa shape index (κ3) is 2.11. The monoisotopic (exact) mass is 257 g/mol. The van der Waals surface area contributed by atoms with Crippen molar-refractivity contribution >= 4 is 16.9 Å². The molecule has 0 radical (unpaired) electrons. The molecule has 2 atom stereocenters. The third-order valence-corrected chi connectivity index (χ3v) is 4.05. The van der Waals surface area contributed by atoms with E-state index in [1.165, 1.54) is 6.42 Å². The number of piperidine rings is 1. The molecule has 0 aromatic carbocycles. The number of nitrogens with zero attached hydrogens (tertiary/aromatic N) is 2. The number of H-pyrrole nitrogens is 1. The van der Waals surface area contributed by atoms with Gasteiger partial charge in [-0.2, -0.15) is 0 Å². The number of pyridine rings is 1. The van der Waals surface area contributed by atoms with Gasteiger partial charge in [0.2, 0.25) is 0 Å². The van der Waals surface area contributed by atoms with Gasteiger partial charge in [-0.05, 0) is 51.3 Å². The summed E-state index contributed by atoms with van der Waals surface area (Å²) in [5, 5.41) is 0. The zero-order valence-corrected chi connectivity index (χ0v) is 11.4. The van der Waals surface area contributed by atoms with Gasteiger partial charge in [0.05, 0.1) is 11.0 Å². The molecule has 2 aromatic heterocycles. The van der Waals surface area contributed by atoms with Gasteiger partial charge >= 0.3 is 0 Å². The highest BCUT2D eigenvalue weighted by Crippen LogP contribution is 2.25. The molecule has 3 heterocycles. The van der Waals surface area contributed by atoms with E-state index >= 15 is 0 Å². The summed E-state index contributed by atoms with van der Waals surface area (Å²) in [6, 6.07) is 6.30. The van der Waals surface area contributed by atoms with Gasteiger partial charge < -0.3 is 9.88 Å². The molecule has 2 unspecified atom stereocenters. The maximum atomic E-state index is 12.7.